The number of aryl methyl sites for hydroxylation is 2. The van der Waals surface area contributed by atoms with Crippen LogP contribution in [0.4, 0.5) is 5.69 Å². The Labute approximate surface area is 177 Å². The molecular formula is C18H21BrClN3O4S. The van der Waals surface area contributed by atoms with Crippen molar-refractivity contribution in [2.75, 3.05) is 25.0 Å². The van der Waals surface area contributed by atoms with Crippen molar-refractivity contribution in [3.05, 3.63) is 39.1 Å². The van der Waals surface area contributed by atoms with Gasteiger partial charge in [0.05, 0.1) is 10.7 Å². The molecule has 0 spiro atoms. The van der Waals surface area contributed by atoms with Crippen molar-refractivity contribution in [3.63, 3.8) is 0 Å². The van der Waals surface area contributed by atoms with Gasteiger partial charge in [0.15, 0.2) is 5.76 Å². The normalized spacial score (nSPS) is 16.3. The molecule has 3 rings (SSSR count). The summed E-state index contributed by atoms with van der Waals surface area (Å²) in [6.07, 6.45) is 0.889. The van der Waals surface area contributed by atoms with Crippen LogP contribution in [0.15, 0.2) is 32.1 Å². The van der Waals surface area contributed by atoms with Crippen LogP contribution < -0.4 is 4.90 Å². The third kappa shape index (κ3) is 3.98. The van der Waals surface area contributed by atoms with Crippen LogP contribution in [0, 0.1) is 19.8 Å². The molecule has 0 unspecified atom stereocenters. The van der Waals surface area contributed by atoms with Gasteiger partial charge in [0, 0.05) is 30.5 Å². The van der Waals surface area contributed by atoms with Crippen LogP contribution in [0.5, 0.6) is 0 Å². The van der Waals surface area contributed by atoms with E-state index >= 15 is 0 Å². The fourth-order valence-corrected chi connectivity index (χ4v) is 6.02. The summed E-state index contributed by atoms with van der Waals surface area (Å²) in [5.74, 6) is -0.0558. The molecule has 0 saturated carbocycles. The van der Waals surface area contributed by atoms with E-state index in [1.54, 1.807) is 33.0 Å². The van der Waals surface area contributed by atoms with Gasteiger partial charge in [-0.1, -0.05) is 32.7 Å². The van der Waals surface area contributed by atoms with E-state index in [1.165, 1.54) is 9.21 Å². The Balaban J connectivity index is 1.70. The molecule has 1 amide bonds. The molecule has 0 radical (unpaired) electrons. The fraction of sp³-hybridized carbons (Fsp3) is 0.444. The highest BCUT2D eigenvalue weighted by molar-refractivity contribution is 9.10. The number of hydrogen-bond acceptors (Lipinski definition) is 5. The lowest BCUT2D eigenvalue weighted by Gasteiger charge is -2.32. The lowest BCUT2D eigenvalue weighted by molar-refractivity contribution is -0.123. The van der Waals surface area contributed by atoms with Gasteiger partial charge in [-0.05, 0) is 44.9 Å². The second-order valence-electron chi connectivity index (χ2n) is 6.82. The van der Waals surface area contributed by atoms with Crippen molar-refractivity contribution < 1.29 is 17.7 Å². The molecule has 0 bridgehead atoms. The summed E-state index contributed by atoms with van der Waals surface area (Å²) < 4.78 is 33.0. The minimum atomic E-state index is -3.69. The molecule has 10 heteroatoms. The Morgan fingerprint density at radius 2 is 1.96 bits per heavy atom. The van der Waals surface area contributed by atoms with Crippen molar-refractivity contribution >= 4 is 49.1 Å². The molecular weight excluding hydrogens is 470 g/mol. The zero-order chi connectivity index (χ0) is 20.6. The summed E-state index contributed by atoms with van der Waals surface area (Å²) in [5, 5.41) is 4.21. The standard InChI is InChI=1S/C18H21BrClN3O4S/c1-11-17(12(2)27-21-11)28(25,26)23-8-6-13(7-9-23)18(24)22(3)16-5-4-14(19)10-15(16)20/h4-5,10,13H,6-9H2,1-3H3. The third-order valence-corrected chi connectivity index (χ3v) is 7.91. The van der Waals surface area contributed by atoms with Crippen LogP contribution >= 0.6 is 27.5 Å². The molecule has 0 aliphatic carbocycles. The molecule has 2 heterocycles. The zero-order valence-electron chi connectivity index (χ0n) is 15.8. The Kier molecular flexibility index (Phi) is 6.19. The average molecular weight is 491 g/mol. The van der Waals surface area contributed by atoms with Crippen LogP contribution in [-0.2, 0) is 14.8 Å². The molecule has 1 saturated heterocycles. The van der Waals surface area contributed by atoms with Gasteiger partial charge >= 0.3 is 0 Å². The number of halogens is 2. The van der Waals surface area contributed by atoms with E-state index in [1.807, 2.05) is 6.07 Å². The van der Waals surface area contributed by atoms with E-state index < -0.39 is 10.0 Å². The lowest BCUT2D eigenvalue weighted by Crippen LogP contribution is -2.43. The average Bonchev–Trinajstić information content (AvgIpc) is 2.99. The van der Waals surface area contributed by atoms with Crippen molar-refractivity contribution in [2.45, 2.75) is 31.6 Å². The van der Waals surface area contributed by atoms with E-state index in [2.05, 4.69) is 21.1 Å². The minimum Gasteiger partial charge on any atom is -0.360 e. The molecule has 1 aromatic heterocycles. The van der Waals surface area contributed by atoms with Crippen LogP contribution in [0.3, 0.4) is 0 Å². The maximum Gasteiger partial charge on any atom is 0.248 e. The zero-order valence-corrected chi connectivity index (χ0v) is 18.9. The van der Waals surface area contributed by atoms with Crippen LogP contribution in [0.2, 0.25) is 5.02 Å². The summed E-state index contributed by atoms with van der Waals surface area (Å²) in [6, 6.07) is 5.34. The summed E-state index contributed by atoms with van der Waals surface area (Å²) in [6.45, 7) is 3.73. The van der Waals surface area contributed by atoms with Crippen LogP contribution in [0.25, 0.3) is 0 Å². The highest BCUT2D eigenvalue weighted by Crippen LogP contribution is 2.32. The number of aromatic nitrogens is 1. The van der Waals surface area contributed by atoms with Gasteiger partial charge < -0.3 is 9.42 Å². The molecule has 1 aliphatic rings. The van der Waals surface area contributed by atoms with Crippen molar-refractivity contribution in [2.24, 2.45) is 5.92 Å². The van der Waals surface area contributed by atoms with Crippen molar-refractivity contribution in [1.82, 2.24) is 9.46 Å². The fourth-order valence-electron chi connectivity index (χ4n) is 3.46. The van der Waals surface area contributed by atoms with E-state index in [0.717, 1.165) is 4.47 Å². The number of rotatable bonds is 4. The Morgan fingerprint density at radius 1 is 1.32 bits per heavy atom. The Morgan fingerprint density at radius 3 is 2.50 bits per heavy atom. The molecule has 2 aromatic rings. The third-order valence-electron chi connectivity index (χ3n) is 4.97. The van der Waals surface area contributed by atoms with E-state index in [0.29, 0.717) is 29.2 Å². The number of sulfonamides is 1. The molecule has 0 N–H and O–H groups in total. The number of piperidine rings is 1. The molecule has 7 nitrogen and oxygen atoms in total. The number of anilines is 1. The topological polar surface area (TPSA) is 83.7 Å². The van der Waals surface area contributed by atoms with E-state index in [4.69, 9.17) is 16.1 Å². The van der Waals surface area contributed by atoms with Crippen molar-refractivity contribution in [1.29, 1.82) is 0 Å². The monoisotopic (exact) mass is 489 g/mol. The second kappa shape index (κ2) is 8.14. The first-order valence-corrected chi connectivity index (χ1v) is 11.4. The van der Waals surface area contributed by atoms with Crippen LogP contribution in [-0.4, -0.2) is 43.9 Å². The molecule has 1 aliphatic heterocycles. The highest BCUT2D eigenvalue weighted by Gasteiger charge is 2.36. The van der Waals surface area contributed by atoms with Gasteiger partial charge in [0.2, 0.25) is 15.9 Å². The lowest BCUT2D eigenvalue weighted by atomic mass is 9.96. The first-order chi connectivity index (χ1) is 13.1. The molecule has 1 fully saturated rings. The van der Waals surface area contributed by atoms with Gasteiger partial charge in [-0.25, -0.2) is 8.42 Å². The quantitative estimate of drug-likeness (QED) is 0.651. The minimum absolute atomic E-state index is 0.0707. The number of carbonyl (C=O) groups excluding carboxylic acids is 1. The summed E-state index contributed by atoms with van der Waals surface area (Å²) in [7, 11) is -2.00. The van der Waals surface area contributed by atoms with Gasteiger partial charge in [-0.15, -0.1) is 0 Å². The first-order valence-electron chi connectivity index (χ1n) is 8.78. The predicted octanol–water partition coefficient (Wildman–Crippen LogP) is 3.77. The predicted molar refractivity (Wildman–Crippen MR) is 110 cm³/mol. The number of amides is 1. The number of nitrogens with zero attached hydrogens (tertiary/aromatic N) is 3. The van der Waals surface area contributed by atoms with E-state index in [9.17, 15) is 13.2 Å². The molecule has 0 atom stereocenters. The van der Waals surface area contributed by atoms with Gasteiger partial charge in [-0.2, -0.15) is 4.31 Å². The van der Waals surface area contributed by atoms with Gasteiger partial charge in [-0.3, -0.25) is 4.79 Å². The summed E-state index contributed by atoms with van der Waals surface area (Å²) >= 11 is 9.60. The smallest absolute Gasteiger partial charge is 0.248 e. The number of hydrogen-bond donors (Lipinski definition) is 0. The largest absolute Gasteiger partial charge is 0.360 e. The SMILES string of the molecule is Cc1noc(C)c1S(=O)(=O)N1CCC(C(=O)N(C)c2ccc(Br)cc2Cl)CC1. The summed E-state index contributed by atoms with van der Waals surface area (Å²) in [4.78, 5) is 14.6. The van der Waals surface area contributed by atoms with Gasteiger partial charge in [0.1, 0.15) is 10.6 Å². The maximum atomic E-state index is 12.9. The Hall–Kier alpha value is -1.42. The first kappa shape index (κ1) is 21.3. The molecule has 152 valence electrons. The highest BCUT2D eigenvalue weighted by atomic mass is 79.9. The van der Waals surface area contributed by atoms with E-state index in [-0.39, 0.29) is 35.6 Å². The Bertz CT molecular complexity index is 981. The van der Waals surface area contributed by atoms with Crippen LogP contribution in [0.1, 0.15) is 24.3 Å². The second-order valence-corrected chi connectivity index (χ2v) is 10.0. The van der Waals surface area contributed by atoms with Crippen molar-refractivity contribution in [3.8, 4) is 0 Å². The summed E-state index contributed by atoms with van der Waals surface area (Å²) in [5.41, 5.74) is 0.973. The molecule has 28 heavy (non-hydrogen) atoms. The number of benzene rings is 1. The number of carbonyl (C=O) groups is 1. The van der Waals surface area contributed by atoms with Gasteiger partial charge in [0.25, 0.3) is 0 Å². The maximum absolute atomic E-state index is 12.9. The molecule has 1 aromatic carbocycles.